The fourth-order valence-electron chi connectivity index (χ4n) is 1.86. The van der Waals surface area contributed by atoms with Crippen molar-refractivity contribution in [3.63, 3.8) is 0 Å². The Kier molecular flexibility index (Phi) is 7.22. The first-order valence-corrected chi connectivity index (χ1v) is 8.40. The Hall–Kier alpha value is -2.60. The van der Waals surface area contributed by atoms with Gasteiger partial charge in [-0.1, -0.05) is 34.1 Å². The number of nitrogens with one attached hydrogen (secondary N) is 1. The number of carbonyl (C=O) groups excluding carboxylic acids is 1. The van der Waals surface area contributed by atoms with Gasteiger partial charge in [0.05, 0.1) is 12.8 Å². The highest BCUT2D eigenvalue weighted by atomic mass is 79.9. The van der Waals surface area contributed by atoms with Crippen LogP contribution in [0.2, 0.25) is 0 Å². The van der Waals surface area contributed by atoms with E-state index >= 15 is 0 Å². The van der Waals surface area contributed by atoms with Crippen LogP contribution < -0.4 is 14.9 Å². The van der Waals surface area contributed by atoms with Gasteiger partial charge < -0.3 is 9.47 Å². The van der Waals surface area contributed by atoms with Crippen LogP contribution in [0.15, 0.2) is 64.2 Å². The van der Waals surface area contributed by atoms with Crippen molar-refractivity contribution in [1.82, 2.24) is 5.43 Å². The molecule has 2 aromatic carbocycles. The number of rotatable bonds is 7. The van der Waals surface area contributed by atoms with Gasteiger partial charge in [-0.2, -0.15) is 5.10 Å². The van der Waals surface area contributed by atoms with Crippen LogP contribution in [0, 0.1) is 0 Å². The molecule has 0 aromatic heterocycles. The molecule has 0 bridgehead atoms. The van der Waals surface area contributed by atoms with Gasteiger partial charge in [-0.25, -0.2) is 5.43 Å². The van der Waals surface area contributed by atoms with Crippen LogP contribution in [0.25, 0.3) is 6.08 Å². The summed E-state index contributed by atoms with van der Waals surface area (Å²) in [6.07, 6.45) is 3.70. The Morgan fingerprint density at radius 1 is 1.20 bits per heavy atom. The molecule has 0 fully saturated rings. The van der Waals surface area contributed by atoms with E-state index in [1.54, 1.807) is 26.2 Å². The van der Waals surface area contributed by atoms with E-state index in [0.29, 0.717) is 11.5 Å². The Labute approximate surface area is 155 Å². The summed E-state index contributed by atoms with van der Waals surface area (Å²) in [5, 5.41) is 4.02. The van der Waals surface area contributed by atoms with Crippen LogP contribution in [0.5, 0.6) is 11.5 Å². The lowest BCUT2D eigenvalue weighted by Gasteiger charge is -2.05. The second kappa shape index (κ2) is 9.64. The lowest BCUT2D eigenvalue weighted by atomic mass is 10.2. The Balaban J connectivity index is 1.82. The van der Waals surface area contributed by atoms with Crippen molar-refractivity contribution < 1.29 is 14.3 Å². The fraction of sp³-hybridized carbons (Fsp3) is 0.158. The number of hydrazone groups is 1. The van der Waals surface area contributed by atoms with E-state index < -0.39 is 0 Å². The number of hydrogen-bond acceptors (Lipinski definition) is 4. The topological polar surface area (TPSA) is 59.9 Å². The van der Waals surface area contributed by atoms with Crippen LogP contribution in [0.3, 0.4) is 0 Å². The molecular formula is C19H19BrN2O3. The number of ether oxygens (including phenoxy) is 2. The molecule has 2 aromatic rings. The van der Waals surface area contributed by atoms with Gasteiger partial charge >= 0.3 is 0 Å². The van der Waals surface area contributed by atoms with E-state index in [4.69, 9.17) is 9.47 Å². The zero-order valence-electron chi connectivity index (χ0n) is 14.0. The maximum atomic E-state index is 11.8. The zero-order chi connectivity index (χ0) is 18.1. The summed E-state index contributed by atoms with van der Waals surface area (Å²) < 4.78 is 11.5. The average Bonchev–Trinajstić information content (AvgIpc) is 2.64. The summed E-state index contributed by atoms with van der Waals surface area (Å²) >= 11 is 3.34. The van der Waals surface area contributed by atoms with Crippen LogP contribution >= 0.6 is 15.9 Å². The monoisotopic (exact) mass is 402 g/mol. The van der Waals surface area contributed by atoms with Crippen molar-refractivity contribution in [3.05, 3.63) is 64.6 Å². The largest absolute Gasteiger partial charge is 0.497 e. The summed E-state index contributed by atoms with van der Waals surface area (Å²) in [7, 11) is 1.63. The molecule has 0 aliphatic heterocycles. The van der Waals surface area contributed by atoms with Gasteiger partial charge in [0.15, 0.2) is 6.61 Å². The molecule has 0 atom stereocenters. The molecule has 0 aliphatic carbocycles. The highest BCUT2D eigenvalue weighted by Crippen LogP contribution is 2.16. The molecule has 0 saturated heterocycles. The molecule has 0 unspecified atom stereocenters. The summed E-state index contributed by atoms with van der Waals surface area (Å²) in [6, 6.07) is 14.9. The van der Waals surface area contributed by atoms with Crippen molar-refractivity contribution in [1.29, 1.82) is 0 Å². The third-order valence-corrected chi connectivity index (χ3v) is 3.68. The van der Waals surface area contributed by atoms with Gasteiger partial charge in [-0.15, -0.1) is 0 Å². The third kappa shape index (κ3) is 6.81. The molecule has 0 saturated carbocycles. The maximum Gasteiger partial charge on any atom is 0.277 e. The molecule has 0 heterocycles. The van der Waals surface area contributed by atoms with Crippen molar-refractivity contribution in [2.45, 2.75) is 6.92 Å². The minimum atomic E-state index is -0.322. The van der Waals surface area contributed by atoms with Crippen LogP contribution in [0.1, 0.15) is 12.5 Å². The van der Waals surface area contributed by atoms with E-state index in [0.717, 1.165) is 15.8 Å². The summed E-state index contributed by atoms with van der Waals surface area (Å²) in [4.78, 5) is 11.8. The quantitative estimate of drug-likeness (QED) is 0.561. The first kappa shape index (κ1) is 18.7. The predicted molar refractivity (Wildman–Crippen MR) is 103 cm³/mol. The molecule has 0 spiro atoms. The zero-order valence-corrected chi connectivity index (χ0v) is 15.6. The number of benzene rings is 2. The molecule has 5 nitrogen and oxygen atoms in total. The minimum absolute atomic E-state index is 0.0992. The second-order valence-electron chi connectivity index (χ2n) is 5.14. The second-order valence-corrected chi connectivity index (χ2v) is 6.06. The number of methoxy groups -OCH3 is 1. The highest BCUT2D eigenvalue weighted by molar-refractivity contribution is 9.10. The molecule has 0 aliphatic rings. The molecular weight excluding hydrogens is 384 g/mol. The van der Waals surface area contributed by atoms with E-state index in [2.05, 4.69) is 26.5 Å². The predicted octanol–water partition coefficient (Wildman–Crippen LogP) is 4.04. The molecule has 130 valence electrons. The van der Waals surface area contributed by atoms with Gasteiger partial charge in [-0.05, 0) is 55.0 Å². The van der Waals surface area contributed by atoms with Gasteiger partial charge in [0.2, 0.25) is 0 Å². The Morgan fingerprint density at radius 2 is 1.96 bits per heavy atom. The smallest absolute Gasteiger partial charge is 0.277 e. The van der Waals surface area contributed by atoms with Crippen molar-refractivity contribution in [2.24, 2.45) is 5.10 Å². The lowest BCUT2D eigenvalue weighted by Crippen LogP contribution is -2.25. The fourth-order valence-corrected chi connectivity index (χ4v) is 2.13. The SMILES string of the molecule is COc1cccc(C=CC(C)=NNC(=O)COc2ccc(Br)cc2)c1. The van der Waals surface area contributed by atoms with Crippen LogP contribution in [-0.4, -0.2) is 25.3 Å². The van der Waals surface area contributed by atoms with Gasteiger partial charge in [0.1, 0.15) is 11.5 Å². The number of hydrogen-bond donors (Lipinski definition) is 1. The molecule has 6 heteroatoms. The van der Waals surface area contributed by atoms with E-state index in [1.165, 1.54) is 0 Å². The number of carbonyl (C=O) groups is 1. The van der Waals surface area contributed by atoms with E-state index in [1.807, 2.05) is 48.6 Å². The van der Waals surface area contributed by atoms with Gasteiger partial charge in [0.25, 0.3) is 5.91 Å². The molecule has 0 radical (unpaired) electrons. The first-order chi connectivity index (χ1) is 12.1. The van der Waals surface area contributed by atoms with Crippen molar-refractivity contribution in [2.75, 3.05) is 13.7 Å². The van der Waals surface area contributed by atoms with Crippen LogP contribution in [-0.2, 0) is 4.79 Å². The molecule has 25 heavy (non-hydrogen) atoms. The Morgan fingerprint density at radius 3 is 2.68 bits per heavy atom. The number of allylic oxidation sites excluding steroid dienone is 1. The molecule has 2 rings (SSSR count). The Bertz CT molecular complexity index is 770. The summed E-state index contributed by atoms with van der Waals surface area (Å²) in [5.41, 5.74) is 4.11. The maximum absolute atomic E-state index is 11.8. The van der Waals surface area contributed by atoms with Gasteiger partial charge in [-0.3, -0.25) is 4.79 Å². The van der Waals surface area contributed by atoms with Crippen LogP contribution in [0.4, 0.5) is 0 Å². The summed E-state index contributed by atoms with van der Waals surface area (Å²) in [5.74, 6) is 1.09. The average molecular weight is 403 g/mol. The molecule has 1 N–H and O–H groups in total. The standard InChI is InChI=1S/C19H19BrN2O3/c1-14(6-7-15-4-3-5-18(12-15)24-2)21-22-19(23)13-25-17-10-8-16(20)9-11-17/h3-12H,13H2,1-2H3,(H,22,23). The number of nitrogens with zero attached hydrogens (tertiary/aromatic N) is 1. The lowest BCUT2D eigenvalue weighted by molar-refractivity contribution is -0.123. The van der Waals surface area contributed by atoms with E-state index in [9.17, 15) is 4.79 Å². The third-order valence-electron chi connectivity index (χ3n) is 3.15. The summed E-state index contributed by atoms with van der Waals surface area (Å²) in [6.45, 7) is 1.70. The van der Waals surface area contributed by atoms with E-state index in [-0.39, 0.29) is 12.5 Å². The first-order valence-electron chi connectivity index (χ1n) is 7.60. The number of halogens is 1. The molecule has 1 amide bonds. The highest BCUT2D eigenvalue weighted by Gasteiger charge is 2.01. The van der Waals surface area contributed by atoms with Crippen molar-refractivity contribution in [3.8, 4) is 11.5 Å². The van der Waals surface area contributed by atoms with Gasteiger partial charge in [0, 0.05) is 4.47 Å². The minimum Gasteiger partial charge on any atom is -0.497 e. The van der Waals surface area contributed by atoms with Crippen molar-refractivity contribution >= 4 is 33.6 Å². The normalized spacial score (nSPS) is 11.4. The number of amides is 1.